The maximum atomic E-state index is 3.13. The Hall–Kier alpha value is 0.310. The van der Waals surface area contributed by atoms with Crippen molar-refractivity contribution in [1.29, 1.82) is 0 Å². The van der Waals surface area contributed by atoms with Crippen molar-refractivity contribution in [2.24, 2.45) is 0 Å². The molecule has 0 aliphatic carbocycles. The predicted molar refractivity (Wildman–Crippen MR) is 208 cm³/mol. The molecule has 0 radical (unpaired) electrons. The first-order chi connectivity index (χ1) is 22.7. The molecule has 0 bridgehead atoms. The van der Waals surface area contributed by atoms with Gasteiger partial charge in [0, 0.05) is 36.3 Å². The SMILES string of the molecule is CCCCCCCCCCC1C(CC)N1P(N1C(CC)C1CCCCCCCCCC)N1C(CC)C1CCCCCCCCCC. The zero-order chi connectivity index (χ0) is 33.0. The zero-order valence-corrected chi connectivity index (χ0v) is 33.4. The average Bonchev–Trinajstić information content (AvgIpc) is 4.02. The minimum atomic E-state index is -0.261. The summed E-state index contributed by atoms with van der Waals surface area (Å²) in [5.41, 5.74) is 0. The number of hydrogen-bond acceptors (Lipinski definition) is 3. The van der Waals surface area contributed by atoms with Crippen LogP contribution in [0.1, 0.15) is 234 Å². The summed E-state index contributed by atoms with van der Waals surface area (Å²) < 4.78 is 9.39. The van der Waals surface area contributed by atoms with Gasteiger partial charge in [0.1, 0.15) is 8.37 Å². The van der Waals surface area contributed by atoms with Crippen LogP contribution >= 0.6 is 8.37 Å². The number of rotatable bonds is 33. The number of nitrogens with zero attached hydrogens (tertiary/aromatic N) is 3. The van der Waals surface area contributed by atoms with Crippen LogP contribution in [0.2, 0.25) is 0 Å². The molecule has 3 saturated heterocycles. The van der Waals surface area contributed by atoms with Gasteiger partial charge in [-0.15, -0.1) is 0 Å². The Bertz CT molecular complexity index is 637. The second-order valence-corrected chi connectivity index (χ2v) is 17.8. The molecular weight excluding hydrogens is 577 g/mol. The largest absolute Gasteiger partial charge is 0.248 e. The van der Waals surface area contributed by atoms with E-state index < -0.39 is 0 Å². The highest BCUT2D eigenvalue weighted by atomic mass is 31.2. The van der Waals surface area contributed by atoms with Gasteiger partial charge in [-0.3, -0.25) is 0 Å². The highest BCUT2D eigenvalue weighted by molar-refractivity contribution is 7.51. The van der Waals surface area contributed by atoms with E-state index in [1.165, 1.54) is 193 Å². The van der Waals surface area contributed by atoms with E-state index in [0.29, 0.717) is 0 Å². The number of hydrogen-bond donors (Lipinski definition) is 0. The molecule has 0 aromatic rings. The van der Waals surface area contributed by atoms with Crippen LogP contribution in [0.15, 0.2) is 0 Å². The van der Waals surface area contributed by atoms with Crippen molar-refractivity contribution < 1.29 is 0 Å². The van der Waals surface area contributed by atoms with Gasteiger partial charge in [0.05, 0.1) is 0 Å². The second-order valence-electron chi connectivity index (χ2n) is 15.8. The van der Waals surface area contributed by atoms with Crippen molar-refractivity contribution in [3.63, 3.8) is 0 Å². The fourth-order valence-corrected chi connectivity index (χ4v) is 12.8. The lowest BCUT2D eigenvalue weighted by molar-refractivity contribution is 0.518. The van der Waals surface area contributed by atoms with Gasteiger partial charge in [-0.05, 0) is 38.5 Å². The molecule has 0 aromatic carbocycles. The first kappa shape index (κ1) is 40.7. The van der Waals surface area contributed by atoms with Gasteiger partial charge in [0.25, 0.3) is 0 Å². The molecule has 0 saturated carbocycles. The first-order valence-electron chi connectivity index (χ1n) is 21.8. The third kappa shape index (κ3) is 13.6. The van der Waals surface area contributed by atoms with Crippen LogP contribution in [0.4, 0.5) is 0 Å². The average molecular weight is 662 g/mol. The summed E-state index contributed by atoms with van der Waals surface area (Å²) in [6.07, 6.45) is 43.3. The molecule has 46 heavy (non-hydrogen) atoms. The molecule has 272 valence electrons. The molecular formula is C42H84N3P. The molecule has 4 heteroatoms. The Kier molecular flexibility index (Phi) is 21.7. The summed E-state index contributed by atoms with van der Waals surface area (Å²) in [7, 11) is -0.261. The third-order valence-electron chi connectivity index (χ3n) is 12.0. The molecule has 3 aliphatic heterocycles. The quantitative estimate of drug-likeness (QED) is 0.0393. The van der Waals surface area contributed by atoms with Crippen molar-refractivity contribution in [3.05, 3.63) is 0 Å². The van der Waals surface area contributed by atoms with Crippen molar-refractivity contribution in [3.8, 4) is 0 Å². The molecule has 9 atom stereocenters. The van der Waals surface area contributed by atoms with Gasteiger partial charge in [-0.1, -0.05) is 196 Å². The fourth-order valence-electron chi connectivity index (χ4n) is 8.93. The van der Waals surface area contributed by atoms with E-state index >= 15 is 0 Å². The van der Waals surface area contributed by atoms with Crippen molar-refractivity contribution in [2.45, 2.75) is 270 Å². The van der Waals surface area contributed by atoms with Crippen LogP contribution < -0.4 is 0 Å². The summed E-state index contributed by atoms with van der Waals surface area (Å²) in [6.45, 7) is 14.5. The number of unbranched alkanes of at least 4 members (excludes halogenated alkanes) is 21. The van der Waals surface area contributed by atoms with Crippen LogP contribution in [0.3, 0.4) is 0 Å². The summed E-state index contributed by atoms with van der Waals surface area (Å²) in [4.78, 5) is 0. The van der Waals surface area contributed by atoms with E-state index in [9.17, 15) is 0 Å². The van der Waals surface area contributed by atoms with E-state index in [4.69, 9.17) is 0 Å². The van der Waals surface area contributed by atoms with E-state index in [0.717, 1.165) is 36.3 Å². The van der Waals surface area contributed by atoms with Crippen LogP contribution in [0.25, 0.3) is 0 Å². The van der Waals surface area contributed by atoms with Crippen LogP contribution in [0, 0.1) is 0 Å². The van der Waals surface area contributed by atoms with E-state index in [1.807, 2.05) is 0 Å². The molecule has 0 spiro atoms. The maximum absolute atomic E-state index is 3.13. The topological polar surface area (TPSA) is 9.03 Å². The van der Waals surface area contributed by atoms with E-state index in [-0.39, 0.29) is 8.37 Å². The van der Waals surface area contributed by atoms with E-state index in [1.54, 1.807) is 0 Å². The molecule has 3 rings (SSSR count). The molecule has 3 nitrogen and oxygen atoms in total. The van der Waals surface area contributed by atoms with Crippen LogP contribution in [0.5, 0.6) is 0 Å². The van der Waals surface area contributed by atoms with Crippen molar-refractivity contribution in [1.82, 2.24) is 14.0 Å². The summed E-state index contributed by atoms with van der Waals surface area (Å²) in [6, 6.07) is 5.21. The second kappa shape index (κ2) is 24.5. The monoisotopic (exact) mass is 662 g/mol. The molecule has 3 fully saturated rings. The van der Waals surface area contributed by atoms with E-state index in [2.05, 4.69) is 55.6 Å². The van der Waals surface area contributed by atoms with Gasteiger partial charge in [0.15, 0.2) is 0 Å². The smallest absolute Gasteiger partial charge is 0.122 e. The standard InChI is InChI=1S/C42H84N3P/c1-7-13-16-19-22-25-28-31-34-40-37(10-4)43(40)46(44-38(11-5)41(44)35-32-29-26-23-20-17-14-8-2)45-39(12-6)42(45)36-33-30-27-24-21-18-15-9-3/h37-42H,7-36H2,1-6H3. The van der Waals surface area contributed by atoms with Gasteiger partial charge in [-0.25, -0.2) is 14.0 Å². The molecule has 0 N–H and O–H groups in total. The molecule has 3 heterocycles. The molecule has 9 unspecified atom stereocenters. The lowest BCUT2D eigenvalue weighted by atomic mass is 10.1. The Morgan fingerprint density at radius 3 is 0.717 bits per heavy atom. The first-order valence-corrected chi connectivity index (χ1v) is 23.0. The molecule has 0 aromatic heterocycles. The highest BCUT2D eigenvalue weighted by Crippen LogP contribution is 2.72. The van der Waals surface area contributed by atoms with Gasteiger partial charge in [-0.2, -0.15) is 0 Å². The van der Waals surface area contributed by atoms with Crippen molar-refractivity contribution in [2.75, 3.05) is 0 Å². The van der Waals surface area contributed by atoms with Gasteiger partial charge in [0.2, 0.25) is 0 Å². The zero-order valence-electron chi connectivity index (χ0n) is 32.5. The maximum Gasteiger partial charge on any atom is 0.122 e. The Morgan fingerprint density at radius 1 is 0.283 bits per heavy atom. The third-order valence-corrected chi connectivity index (χ3v) is 15.1. The summed E-state index contributed by atoms with van der Waals surface area (Å²) >= 11 is 0. The van der Waals surface area contributed by atoms with Gasteiger partial charge >= 0.3 is 0 Å². The normalized spacial score (nSPS) is 30.5. The lowest BCUT2D eigenvalue weighted by Gasteiger charge is -2.25. The van der Waals surface area contributed by atoms with Gasteiger partial charge < -0.3 is 0 Å². The van der Waals surface area contributed by atoms with Crippen LogP contribution in [-0.4, -0.2) is 50.3 Å². The minimum Gasteiger partial charge on any atom is -0.248 e. The Labute approximate surface area is 292 Å². The molecule has 0 amide bonds. The predicted octanol–water partition coefficient (Wildman–Crippen LogP) is 14.2. The molecule has 3 aliphatic rings. The van der Waals surface area contributed by atoms with Crippen LogP contribution in [-0.2, 0) is 0 Å². The minimum absolute atomic E-state index is 0.261. The highest BCUT2D eigenvalue weighted by Gasteiger charge is 2.66. The van der Waals surface area contributed by atoms with Crippen molar-refractivity contribution >= 4 is 8.37 Å². The summed E-state index contributed by atoms with van der Waals surface area (Å²) in [5, 5.41) is 0. The Morgan fingerprint density at radius 2 is 0.500 bits per heavy atom. The fraction of sp³-hybridized carbons (Fsp3) is 1.00. The Balaban J connectivity index is 1.54. The lowest BCUT2D eigenvalue weighted by Crippen LogP contribution is -2.15. The summed E-state index contributed by atoms with van der Waals surface area (Å²) in [5.74, 6) is 0.